The average Bonchev–Trinajstić information content (AvgIpc) is 2.72. The molecule has 0 aliphatic rings. The summed E-state index contributed by atoms with van der Waals surface area (Å²) in [7, 11) is 0. The van der Waals surface area contributed by atoms with Crippen LogP contribution < -0.4 is 5.73 Å². The summed E-state index contributed by atoms with van der Waals surface area (Å²) in [6.45, 7) is 2.11. The van der Waals surface area contributed by atoms with Gasteiger partial charge >= 0.3 is 0 Å². The molecule has 2 nitrogen and oxygen atoms in total. The van der Waals surface area contributed by atoms with E-state index < -0.39 is 0 Å². The molecule has 1 aromatic carbocycles. The van der Waals surface area contributed by atoms with Crippen molar-refractivity contribution in [2.45, 2.75) is 6.92 Å². The number of nitrogen functional groups attached to an aromatic ring is 1. The lowest BCUT2D eigenvalue weighted by atomic mass is 10.1. The van der Waals surface area contributed by atoms with Crippen LogP contribution in [-0.4, -0.2) is 4.98 Å². The Bertz CT molecular complexity index is 734. The van der Waals surface area contributed by atoms with Crippen LogP contribution in [0.25, 0.3) is 21.2 Å². The lowest BCUT2D eigenvalue weighted by molar-refractivity contribution is 1.34. The monoisotopic (exact) mass is 274 g/mol. The summed E-state index contributed by atoms with van der Waals surface area (Å²) in [6, 6.07) is 10.2. The number of hydrogen-bond acceptors (Lipinski definition) is 3. The van der Waals surface area contributed by atoms with Gasteiger partial charge in [-0.15, -0.1) is 11.3 Å². The molecule has 0 radical (unpaired) electrons. The Kier molecular flexibility index (Phi) is 2.73. The number of fused-ring (bicyclic) bond motifs is 1. The molecule has 3 rings (SSSR count). The molecule has 0 bridgehead atoms. The lowest BCUT2D eigenvalue weighted by Gasteiger charge is -2.06. The van der Waals surface area contributed by atoms with E-state index in [0.29, 0.717) is 10.8 Å². The molecule has 2 heterocycles. The zero-order chi connectivity index (χ0) is 12.7. The van der Waals surface area contributed by atoms with E-state index >= 15 is 0 Å². The Morgan fingerprint density at radius 2 is 2.06 bits per heavy atom. The van der Waals surface area contributed by atoms with Gasteiger partial charge in [0.25, 0.3) is 0 Å². The van der Waals surface area contributed by atoms with Crippen LogP contribution in [0.15, 0.2) is 36.5 Å². The standard InChI is InChI=1S/C14H11ClN2S/c1-8-5-9-3-2-4-10(14(9)18-8)11-6-13(16)17-7-12(11)15/h2-7H,1H3,(H2,16,17). The molecule has 3 aromatic rings. The smallest absolute Gasteiger partial charge is 0.124 e. The number of aryl methyl sites for hydroxylation is 1. The van der Waals surface area contributed by atoms with Gasteiger partial charge in [-0.05, 0) is 24.4 Å². The van der Waals surface area contributed by atoms with Crippen molar-refractivity contribution in [2.75, 3.05) is 5.73 Å². The minimum absolute atomic E-state index is 0.486. The topological polar surface area (TPSA) is 38.9 Å². The molecule has 2 aromatic heterocycles. The van der Waals surface area contributed by atoms with Crippen molar-refractivity contribution in [3.63, 3.8) is 0 Å². The van der Waals surface area contributed by atoms with Gasteiger partial charge in [0.1, 0.15) is 5.82 Å². The summed E-state index contributed by atoms with van der Waals surface area (Å²) in [5.41, 5.74) is 7.80. The molecule has 0 amide bonds. The molecule has 18 heavy (non-hydrogen) atoms. The minimum Gasteiger partial charge on any atom is -0.384 e. The second-order valence-corrected chi connectivity index (χ2v) is 5.83. The highest BCUT2D eigenvalue weighted by atomic mass is 35.5. The maximum Gasteiger partial charge on any atom is 0.124 e. The van der Waals surface area contributed by atoms with Crippen LogP contribution in [0.3, 0.4) is 0 Å². The summed E-state index contributed by atoms with van der Waals surface area (Å²) in [5.74, 6) is 0.486. The van der Waals surface area contributed by atoms with Crippen LogP contribution in [0.2, 0.25) is 5.02 Å². The molecule has 4 heteroatoms. The van der Waals surface area contributed by atoms with Crippen LogP contribution in [0.5, 0.6) is 0 Å². The highest BCUT2D eigenvalue weighted by Gasteiger charge is 2.10. The molecule has 0 spiro atoms. The molecule has 0 aliphatic heterocycles. The second kappa shape index (κ2) is 4.26. The lowest BCUT2D eigenvalue weighted by Crippen LogP contribution is -1.90. The Labute approximate surface area is 114 Å². The van der Waals surface area contributed by atoms with Crippen molar-refractivity contribution in [3.05, 3.63) is 46.4 Å². The normalized spacial score (nSPS) is 11.0. The second-order valence-electron chi connectivity index (χ2n) is 4.17. The highest BCUT2D eigenvalue weighted by molar-refractivity contribution is 7.19. The molecule has 0 aliphatic carbocycles. The van der Waals surface area contributed by atoms with E-state index in [4.69, 9.17) is 17.3 Å². The summed E-state index contributed by atoms with van der Waals surface area (Å²) in [6.07, 6.45) is 1.60. The molecule has 0 fully saturated rings. The van der Waals surface area contributed by atoms with Gasteiger partial charge in [0.15, 0.2) is 0 Å². The Morgan fingerprint density at radius 3 is 2.89 bits per heavy atom. The number of nitrogens with two attached hydrogens (primary N) is 1. The fourth-order valence-corrected chi connectivity index (χ4v) is 3.31. The maximum absolute atomic E-state index is 6.22. The van der Waals surface area contributed by atoms with E-state index in [2.05, 4.69) is 30.1 Å². The molecular formula is C14H11ClN2S. The number of halogens is 1. The highest BCUT2D eigenvalue weighted by Crippen LogP contribution is 2.37. The first-order chi connectivity index (χ1) is 8.65. The number of benzene rings is 1. The van der Waals surface area contributed by atoms with Gasteiger partial charge in [-0.1, -0.05) is 29.8 Å². The first-order valence-electron chi connectivity index (χ1n) is 5.56. The van der Waals surface area contributed by atoms with Gasteiger partial charge in [-0.2, -0.15) is 0 Å². The number of pyridine rings is 1. The zero-order valence-corrected chi connectivity index (χ0v) is 11.3. The first kappa shape index (κ1) is 11.5. The van der Waals surface area contributed by atoms with Crippen molar-refractivity contribution < 1.29 is 0 Å². The van der Waals surface area contributed by atoms with Crippen LogP contribution in [0, 0.1) is 6.92 Å². The third-order valence-electron chi connectivity index (χ3n) is 2.83. The van der Waals surface area contributed by atoms with Gasteiger partial charge in [0.2, 0.25) is 0 Å². The van der Waals surface area contributed by atoms with Crippen molar-refractivity contribution in [1.29, 1.82) is 0 Å². The third kappa shape index (κ3) is 1.85. The van der Waals surface area contributed by atoms with Gasteiger partial charge in [0.05, 0.1) is 5.02 Å². The largest absolute Gasteiger partial charge is 0.384 e. The van der Waals surface area contributed by atoms with Crippen molar-refractivity contribution in [2.24, 2.45) is 0 Å². The molecule has 90 valence electrons. The van der Waals surface area contributed by atoms with Gasteiger partial charge in [-0.25, -0.2) is 4.98 Å². The summed E-state index contributed by atoms with van der Waals surface area (Å²) in [4.78, 5) is 5.29. The van der Waals surface area contributed by atoms with Crippen LogP contribution in [0.1, 0.15) is 4.88 Å². The van der Waals surface area contributed by atoms with E-state index in [0.717, 1.165) is 11.1 Å². The Balaban J connectivity index is 2.34. The molecule has 0 atom stereocenters. The quantitative estimate of drug-likeness (QED) is 0.709. The molecule has 0 unspecified atom stereocenters. The Hall–Kier alpha value is -1.58. The van der Waals surface area contributed by atoms with Crippen molar-refractivity contribution in [3.8, 4) is 11.1 Å². The summed E-state index contributed by atoms with van der Waals surface area (Å²) in [5, 5.41) is 1.87. The van der Waals surface area contributed by atoms with E-state index in [1.807, 2.05) is 12.1 Å². The average molecular weight is 275 g/mol. The fraction of sp³-hybridized carbons (Fsp3) is 0.0714. The number of nitrogens with zero attached hydrogens (tertiary/aromatic N) is 1. The van der Waals surface area contributed by atoms with Gasteiger partial charge in [0, 0.05) is 26.9 Å². The molecular weight excluding hydrogens is 264 g/mol. The number of anilines is 1. The fourth-order valence-electron chi connectivity index (χ4n) is 2.07. The van der Waals surface area contributed by atoms with Crippen LogP contribution in [-0.2, 0) is 0 Å². The molecule has 0 saturated carbocycles. The third-order valence-corrected chi connectivity index (χ3v) is 4.23. The van der Waals surface area contributed by atoms with E-state index in [1.165, 1.54) is 15.0 Å². The van der Waals surface area contributed by atoms with E-state index in [-0.39, 0.29) is 0 Å². The van der Waals surface area contributed by atoms with Gasteiger partial charge in [-0.3, -0.25) is 0 Å². The summed E-state index contributed by atoms with van der Waals surface area (Å²) >= 11 is 7.99. The molecule has 2 N–H and O–H groups in total. The van der Waals surface area contributed by atoms with Crippen LogP contribution >= 0.6 is 22.9 Å². The number of rotatable bonds is 1. The number of thiophene rings is 1. The van der Waals surface area contributed by atoms with Crippen molar-refractivity contribution in [1.82, 2.24) is 4.98 Å². The predicted octanol–water partition coefficient (Wildman–Crippen LogP) is 4.51. The van der Waals surface area contributed by atoms with Gasteiger partial charge < -0.3 is 5.73 Å². The molecule has 0 saturated heterocycles. The number of aromatic nitrogens is 1. The summed E-state index contributed by atoms with van der Waals surface area (Å²) < 4.78 is 1.24. The SMILES string of the molecule is Cc1cc2cccc(-c3cc(N)ncc3Cl)c2s1. The van der Waals surface area contributed by atoms with E-state index in [1.54, 1.807) is 17.5 Å². The minimum atomic E-state index is 0.486. The van der Waals surface area contributed by atoms with Crippen molar-refractivity contribution >= 4 is 38.8 Å². The van der Waals surface area contributed by atoms with E-state index in [9.17, 15) is 0 Å². The Morgan fingerprint density at radius 1 is 1.22 bits per heavy atom. The number of hydrogen-bond donors (Lipinski definition) is 1. The maximum atomic E-state index is 6.22. The van der Waals surface area contributed by atoms with Crippen LogP contribution in [0.4, 0.5) is 5.82 Å². The first-order valence-corrected chi connectivity index (χ1v) is 6.75. The zero-order valence-electron chi connectivity index (χ0n) is 9.77. The predicted molar refractivity (Wildman–Crippen MR) is 79.2 cm³/mol.